The number of aromatic nitrogens is 3. The monoisotopic (exact) mass is 645 g/mol. The molecule has 49 heavy (non-hydrogen) atoms. The van der Waals surface area contributed by atoms with Gasteiger partial charge in [0.15, 0.2) is 5.82 Å². The van der Waals surface area contributed by atoms with Gasteiger partial charge in [0.05, 0.1) is 22.4 Å². The highest BCUT2D eigenvalue weighted by atomic mass is 28.3. The van der Waals surface area contributed by atoms with Gasteiger partial charge in [-0.25, -0.2) is 9.97 Å². The molecule has 4 heteroatoms. The molecule has 0 amide bonds. The third kappa shape index (κ3) is 3.78. The Kier molecular flexibility index (Phi) is 5.79. The molecule has 0 N–H and O–H groups in total. The highest BCUT2D eigenvalue weighted by molar-refractivity contribution is 7.03. The van der Waals surface area contributed by atoms with Gasteiger partial charge in [0, 0.05) is 38.2 Å². The van der Waals surface area contributed by atoms with Crippen LogP contribution in [0.25, 0.3) is 72.4 Å². The predicted molar refractivity (Wildman–Crippen MR) is 207 cm³/mol. The standard InChI is InChI=1S/C45H35N3Si/c1-45(2)35-22-12-8-18-29(35)31-26-27-32-30-19-9-13-23-36(30)48(42(32)40(31)45)37-24-14-10-20-33(37)41-39-34-21-11-15-25-38(34)49(3,4)44(39)47-43(46-41)28-16-6-5-7-17-28/h5-27H,1-4H3. The van der Waals surface area contributed by atoms with Gasteiger partial charge in [-0.15, -0.1) is 0 Å². The number of para-hydroxylation sites is 2. The summed E-state index contributed by atoms with van der Waals surface area (Å²) < 4.78 is 2.53. The SMILES string of the molecule is CC1(C)c2ccccc2-c2ccc3c4ccccc4n(-c4ccccc4-c4nc(-c5ccccc5)nc5c4-c4ccccc4[Si]5(C)C)c3c21. The summed E-state index contributed by atoms with van der Waals surface area (Å²) in [6, 6.07) is 50.8. The van der Waals surface area contributed by atoms with Gasteiger partial charge >= 0.3 is 0 Å². The molecule has 10 rings (SSSR count). The lowest BCUT2D eigenvalue weighted by atomic mass is 9.81. The van der Waals surface area contributed by atoms with Crippen LogP contribution in [0.5, 0.6) is 0 Å². The number of benzene rings is 6. The number of rotatable bonds is 3. The molecule has 6 aromatic carbocycles. The Morgan fingerprint density at radius 1 is 0.571 bits per heavy atom. The fraction of sp³-hybridized carbons (Fsp3) is 0.111. The van der Waals surface area contributed by atoms with Gasteiger partial charge in [-0.1, -0.05) is 154 Å². The van der Waals surface area contributed by atoms with Crippen LogP contribution in [0.4, 0.5) is 0 Å². The van der Waals surface area contributed by atoms with Gasteiger partial charge in [-0.3, -0.25) is 0 Å². The molecule has 3 heterocycles. The molecular weight excluding hydrogens is 611 g/mol. The van der Waals surface area contributed by atoms with Crippen molar-refractivity contribution in [3.8, 4) is 50.6 Å². The topological polar surface area (TPSA) is 30.7 Å². The lowest BCUT2D eigenvalue weighted by Gasteiger charge is -2.24. The van der Waals surface area contributed by atoms with Crippen LogP contribution in [0.1, 0.15) is 25.0 Å². The summed E-state index contributed by atoms with van der Waals surface area (Å²) in [4.78, 5) is 10.9. The van der Waals surface area contributed by atoms with E-state index < -0.39 is 8.07 Å². The zero-order chi connectivity index (χ0) is 33.1. The Morgan fingerprint density at radius 3 is 2.08 bits per heavy atom. The third-order valence-electron chi connectivity index (χ3n) is 11.2. The van der Waals surface area contributed by atoms with E-state index in [2.05, 4.69) is 171 Å². The van der Waals surface area contributed by atoms with Crippen molar-refractivity contribution in [1.82, 2.24) is 14.5 Å². The fourth-order valence-corrected chi connectivity index (χ4v) is 11.8. The van der Waals surface area contributed by atoms with E-state index in [0.29, 0.717) is 0 Å². The summed E-state index contributed by atoms with van der Waals surface area (Å²) in [5, 5.41) is 5.19. The Labute approximate surface area is 287 Å². The fourth-order valence-electron chi connectivity index (χ4n) is 8.88. The number of fused-ring (bicyclic) bond motifs is 10. The Morgan fingerprint density at radius 2 is 1.24 bits per heavy atom. The molecular formula is C45H35N3Si. The summed E-state index contributed by atoms with van der Waals surface area (Å²) in [6.45, 7) is 9.65. The lowest BCUT2D eigenvalue weighted by Crippen LogP contribution is -2.50. The molecule has 0 spiro atoms. The largest absolute Gasteiger partial charge is 0.308 e. The van der Waals surface area contributed by atoms with Gasteiger partial charge in [0.1, 0.15) is 8.07 Å². The van der Waals surface area contributed by atoms with Crippen LogP contribution < -0.4 is 10.5 Å². The van der Waals surface area contributed by atoms with Gasteiger partial charge in [0.25, 0.3) is 0 Å². The molecule has 2 aliphatic rings. The summed E-state index contributed by atoms with van der Waals surface area (Å²) in [5.74, 6) is 0.789. The smallest absolute Gasteiger partial charge is 0.159 e. The van der Waals surface area contributed by atoms with Crippen LogP contribution in [0.3, 0.4) is 0 Å². The third-order valence-corrected chi connectivity index (χ3v) is 14.5. The van der Waals surface area contributed by atoms with E-state index in [4.69, 9.17) is 9.97 Å². The molecule has 0 unspecified atom stereocenters. The highest BCUT2D eigenvalue weighted by Gasteiger charge is 2.42. The average Bonchev–Trinajstić information content (AvgIpc) is 3.69. The summed E-state index contributed by atoms with van der Waals surface area (Å²) in [7, 11) is -2.11. The van der Waals surface area contributed by atoms with Crippen molar-refractivity contribution in [1.29, 1.82) is 0 Å². The molecule has 8 aromatic rings. The van der Waals surface area contributed by atoms with Crippen LogP contribution in [-0.4, -0.2) is 22.6 Å². The van der Waals surface area contributed by atoms with Crippen molar-refractivity contribution >= 4 is 40.4 Å². The summed E-state index contributed by atoms with van der Waals surface area (Å²) >= 11 is 0. The molecule has 1 aliphatic carbocycles. The first kappa shape index (κ1) is 28.4. The van der Waals surface area contributed by atoms with E-state index >= 15 is 0 Å². The van der Waals surface area contributed by atoms with Crippen LogP contribution >= 0.6 is 0 Å². The van der Waals surface area contributed by atoms with Gasteiger partial charge in [-0.05, 0) is 45.1 Å². The van der Waals surface area contributed by atoms with Crippen molar-refractivity contribution in [2.75, 3.05) is 0 Å². The van der Waals surface area contributed by atoms with E-state index in [0.717, 1.165) is 28.3 Å². The maximum absolute atomic E-state index is 5.51. The van der Waals surface area contributed by atoms with E-state index in [-0.39, 0.29) is 5.41 Å². The molecule has 0 atom stereocenters. The molecule has 3 nitrogen and oxygen atoms in total. The van der Waals surface area contributed by atoms with E-state index in [1.165, 1.54) is 65.7 Å². The van der Waals surface area contributed by atoms with Crippen LogP contribution in [0, 0.1) is 0 Å². The molecule has 0 radical (unpaired) electrons. The van der Waals surface area contributed by atoms with Crippen LogP contribution in [0.15, 0.2) is 140 Å². The predicted octanol–water partition coefficient (Wildman–Crippen LogP) is 10.0. The van der Waals surface area contributed by atoms with E-state index in [9.17, 15) is 0 Å². The van der Waals surface area contributed by atoms with Crippen LogP contribution in [-0.2, 0) is 5.41 Å². The van der Waals surface area contributed by atoms with E-state index in [1.807, 2.05) is 0 Å². The van der Waals surface area contributed by atoms with Crippen molar-refractivity contribution in [3.05, 3.63) is 151 Å². The highest BCUT2D eigenvalue weighted by Crippen LogP contribution is 2.53. The van der Waals surface area contributed by atoms with Crippen molar-refractivity contribution in [2.45, 2.75) is 32.4 Å². The molecule has 1 aliphatic heterocycles. The van der Waals surface area contributed by atoms with Crippen molar-refractivity contribution in [3.63, 3.8) is 0 Å². The maximum Gasteiger partial charge on any atom is 0.159 e. The first-order valence-electron chi connectivity index (χ1n) is 17.2. The quantitative estimate of drug-likeness (QED) is 0.179. The maximum atomic E-state index is 5.51. The average molecular weight is 646 g/mol. The first-order valence-corrected chi connectivity index (χ1v) is 20.2. The number of hydrogen-bond acceptors (Lipinski definition) is 2. The van der Waals surface area contributed by atoms with E-state index in [1.54, 1.807) is 0 Å². The zero-order valence-electron chi connectivity index (χ0n) is 28.1. The van der Waals surface area contributed by atoms with Gasteiger partial charge in [0.2, 0.25) is 0 Å². The van der Waals surface area contributed by atoms with Crippen LogP contribution in [0.2, 0.25) is 13.1 Å². The lowest BCUT2D eigenvalue weighted by molar-refractivity contribution is 0.664. The minimum atomic E-state index is -2.11. The molecule has 0 saturated heterocycles. The Bertz CT molecular complexity index is 2660. The number of nitrogens with zero attached hydrogens (tertiary/aromatic N) is 3. The second-order valence-corrected chi connectivity index (χ2v) is 18.8. The minimum Gasteiger partial charge on any atom is -0.308 e. The normalized spacial score (nSPS) is 14.9. The molecule has 0 bridgehead atoms. The molecule has 0 fully saturated rings. The summed E-state index contributed by atoms with van der Waals surface area (Å²) in [5.41, 5.74) is 14.5. The minimum absolute atomic E-state index is 0.169. The molecule has 2 aromatic heterocycles. The first-order chi connectivity index (χ1) is 23.9. The van der Waals surface area contributed by atoms with Gasteiger partial charge < -0.3 is 4.57 Å². The second-order valence-electron chi connectivity index (χ2n) is 14.6. The van der Waals surface area contributed by atoms with Crippen molar-refractivity contribution < 1.29 is 0 Å². The van der Waals surface area contributed by atoms with Crippen molar-refractivity contribution in [2.24, 2.45) is 0 Å². The zero-order valence-corrected chi connectivity index (χ0v) is 29.1. The Hall–Kier alpha value is -5.58. The second kappa shape index (κ2) is 9.97. The molecule has 0 saturated carbocycles. The van der Waals surface area contributed by atoms with Gasteiger partial charge in [-0.2, -0.15) is 0 Å². The summed E-state index contributed by atoms with van der Waals surface area (Å²) in [6.07, 6.45) is 0. The molecule has 234 valence electrons. The Balaban J connectivity index is 1.34. The number of hydrogen-bond donors (Lipinski definition) is 0.